The molecule has 6 nitrogen and oxygen atoms in total. The first-order valence-corrected chi connectivity index (χ1v) is 35.6. The summed E-state index contributed by atoms with van der Waals surface area (Å²) in [5.74, 6) is -0.867. The van der Waals surface area contributed by atoms with E-state index in [9.17, 15) is 14.4 Å². The molecule has 0 radical (unpaired) electrons. The van der Waals surface area contributed by atoms with Gasteiger partial charge in [-0.1, -0.05) is 320 Å². The van der Waals surface area contributed by atoms with E-state index in [-0.39, 0.29) is 31.1 Å². The van der Waals surface area contributed by atoms with Gasteiger partial charge in [0.25, 0.3) is 0 Å². The normalized spacial score (nSPS) is 12.3. The predicted octanol–water partition coefficient (Wildman–Crippen LogP) is 24.5. The van der Waals surface area contributed by atoms with Crippen LogP contribution < -0.4 is 0 Å². The summed E-state index contributed by atoms with van der Waals surface area (Å²) in [5, 5.41) is 0. The Balaban J connectivity index is 4.02. The molecule has 0 rings (SSSR count). The van der Waals surface area contributed by atoms with E-state index < -0.39 is 6.10 Å². The molecule has 0 bridgehead atoms. The van der Waals surface area contributed by atoms with Crippen molar-refractivity contribution in [1.29, 1.82) is 0 Å². The summed E-state index contributed by atoms with van der Waals surface area (Å²) in [4.78, 5) is 38.3. The smallest absolute Gasteiger partial charge is 0.306 e. The molecular formula is C74H136O6. The lowest BCUT2D eigenvalue weighted by Gasteiger charge is -2.18. The monoisotopic (exact) mass is 1120 g/mol. The summed E-state index contributed by atoms with van der Waals surface area (Å²) in [6.07, 6.45) is 87.4. The maximum atomic E-state index is 12.9. The predicted molar refractivity (Wildman–Crippen MR) is 349 cm³/mol. The molecule has 0 aromatic heterocycles. The van der Waals surface area contributed by atoms with Crippen molar-refractivity contribution >= 4 is 17.9 Å². The van der Waals surface area contributed by atoms with Crippen LogP contribution in [0.1, 0.15) is 387 Å². The first-order chi connectivity index (χ1) is 39.5. The zero-order valence-electron chi connectivity index (χ0n) is 53.9. The van der Waals surface area contributed by atoms with Gasteiger partial charge in [-0.3, -0.25) is 14.4 Å². The highest BCUT2D eigenvalue weighted by molar-refractivity contribution is 5.71. The fourth-order valence-corrected chi connectivity index (χ4v) is 10.7. The number of rotatable bonds is 66. The molecule has 0 aromatic carbocycles. The van der Waals surface area contributed by atoms with Crippen molar-refractivity contribution in [3.05, 3.63) is 48.6 Å². The van der Waals surface area contributed by atoms with Crippen LogP contribution in [0, 0.1) is 0 Å². The molecule has 0 saturated heterocycles. The molecule has 6 heteroatoms. The van der Waals surface area contributed by atoms with Crippen LogP contribution in [-0.2, 0) is 28.6 Å². The van der Waals surface area contributed by atoms with Crippen LogP contribution in [0.25, 0.3) is 0 Å². The van der Waals surface area contributed by atoms with Gasteiger partial charge in [0.05, 0.1) is 0 Å². The summed E-state index contributed by atoms with van der Waals surface area (Å²) in [6, 6.07) is 0. The Hall–Kier alpha value is -2.63. The van der Waals surface area contributed by atoms with Crippen molar-refractivity contribution in [1.82, 2.24) is 0 Å². The minimum atomic E-state index is -0.776. The second-order valence-electron chi connectivity index (χ2n) is 24.1. The molecule has 1 atom stereocenters. The summed E-state index contributed by atoms with van der Waals surface area (Å²) in [5.41, 5.74) is 0. The van der Waals surface area contributed by atoms with Crippen LogP contribution >= 0.6 is 0 Å². The minimum Gasteiger partial charge on any atom is -0.462 e. The van der Waals surface area contributed by atoms with Crippen molar-refractivity contribution in [2.45, 2.75) is 393 Å². The van der Waals surface area contributed by atoms with Crippen molar-refractivity contribution in [2.24, 2.45) is 0 Å². The summed E-state index contributed by atoms with van der Waals surface area (Å²) in [7, 11) is 0. The fourth-order valence-electron chi connectivity index (χ4n) is 10.7. The number of unbranched alkanes of at least 4 members (excludes halogenated alkanes) is 47. The van der Waals surface area contributed by atoms with Gasteiger partial charge in [-0.15, -0.1) is 0 Å². The van der Waals surface area contributed by atoms with E-state index in [0.29, 0.717) is 19.3 Å². The van der Waals surface area contributed by atoms with E-state index >= 15 is 0 Å². The molecule has 0 aromatic rings. The highest BCUT2D eigenvalue weighted by atomic mass is 16.6. The molecule has 0 amide bonds. The topological polar surface area (TPSA) is 78.9 Å². The summed E-state index contributed by atoms with van der Waals surface area (Å²) >= 11 is 0. The molecule has 0 heterocycles. The van der Waals surface area contributed by atoms with Gasteiger partial charge in [0.2, 0.25) is 0 Å². The Morgan fingerprint density at radius 3 is 0.750 bits per heavy atom. The second-order valence-corrected chi connectivity index (χ2v) is 24.1. The Kier molecular flexibility index (Phi) is 66.6. The lowest BCUT2D eigenvalue weighted by atomic mass is 10.0. The van der Waals surface area contributed by atoms with Gasteiger partial charge < -0.3 is 14.2 Å². The Labute approximate surface area is 498 Å². The van der Waals surface area contributed by atoms with Crippen molar-refractivity contribution in [3.63, 3.8) is 0 Å². The zero-order valence-corrected chi connectivity index (χ0v) is 53.9. The molecule has 1 unspecified atom stereocenters. The average molecular weight is 1120 g/mol. The van der Waals surface area contributed by atoms with Crippen molar-refractivity contribution in [3.8, 4) is 0 Å². The third kappa shape index (κ3) is 66.2. The molecule has 0 N–H and O–H groups in total. The fraction of sp³-hybridized carbons (Fsp3) is 0.851. The molecule has 468 valence electrons. The minimum absolute atomic E-state index is 0.0731. The van der Waals surface area contributed by atoms with E-state index in [1.165, 1.54) is 270 Å². The van der Waals surface area contributed by atoms with E-state index in [0.717, 1.165) is 77.0 Å². The van der Waals surface area contributed by atoms with Crippen LogP contribution in [0.3, 0.4) is 0 Å². The number of ether oxygens (including phenoxy) is 3. The van der Waals surface area contributed by atoms with E-state index in [1.54, 1.807) is 0 Å². The van der Waals surface area contributed by atoms with Crippen LogP contribution in [-0.4, -0.2) is 37.2 Å². The summed E-state index contributed by atoms with van der Waals surface area (Å²) in [6.45, 7) is 6.61. The van der Waals surface area contributed by atoms with Crippen LogP contribution in [0.5, 0.6) is 0 Å². The first kappa shape index (κ1) is 77.4. The number of hydrogen-bond acceptors (Lipinski definition) is 6. The number of carbonyl (C=O) groups is 3. The molecule has 0 spiro atoms. The quantitative estimate of drug-likeness (QED) is 0.0261. The van der Waals surface area contributed by atoms with E-state index in [1.807, 2.05) is 0 Å². The highest BCUT2D eigenvalue weighted by Crippen LogP contribution is 2.18. The van der Waals surface area contributed by atoms with Gasteiger partial charge in [0.1, 0.15) is 13.2 Å². The van der Waals surface area contributed by atoms with E-state index in [4.69, 9.17) is 14.2 Å². The lowest BCUT2D eigenvalue weighted by molar-refractivity contribution is -0.167. The van der Waals surface area contributed by atoms with Crippen LogP contribution in [0.2, 0.25) is 0 Å². The number of hydrogen-bond donors (Lipinski definition) is 0. The number of allylic oxidation sites excluding steroid dienone is 8. The maximum Gasteiger partial charge on any atom is 0.306 e. The van der Waals surface area contributed by atoms with E-state index in [2.05, 4.69) is 69.4 Å². The van der Waals surface area contributed by atoms with Gasteiger partial charge in [-0.2, -0.15) is 0 Å². The third-order valence-electron chi connectivity index (χ3n) is 16.0. The Morgan fingerprint density at radius 1 is 0.250 bits per heavy atom. The van der Waals surface area contributed by atoms with Crippen molar-refractivity contribution < 1.29 is 28.6 Å². The molecule has 0 fully saturated rings. The maximum absolute atomic E-state index is 12.9. The average Bonchev–Trinajstić information content (AvgIpc) is 3.46. The van der Waals surface area contributed by atoms with Gasteiger partial charge in [0.15, 0.2) is 6.10 Å². The van der Waals surface area contributed by atoms with Crippen LogP contribution in [0.4, 0.5) is 0 Å². The lowest BCUT2D eigenvalue weighted by Crippen LogP contribution is -2.30. The largest absolute Gasteiger partial charge is 0.462 e. The van der Waals surface area contributed by atoms with Crippen molar-refractivity contribution in [2.75, 3.05) is 13.2 Å². The second kappa shape index (κ2) is 68.9. The molecule has 0 aliphatic rings. The zero-order chi connectivity index (χ0) is 57.8. The Morgan fingerprint density at radius 2 is 0.475 bits per heavy atom. The molecule has 80 heavy (non-hydrogen) atoms. The molecule has 0 saturated carbocycles. The van der Waals surface area contributed by atoms with Crippen LogP contribution in [0.15, 0.2) is 48.6 Å². The van der Waals surface area contributed by atoms with Gasteiger partial charge in [-0.25, -0.2) is 0 Å². The van der Waals surface area contributed by atoms with Gasteiger partial charge in [0, 0.05) is 19.3 Å². The van der Waals surface area contributed by atoms with Gasteiger partial charge in [-0.05, 0) is 96.3 Å². The van der Waals surface area contributed by atoms with Gasteiger partial charge >= 0.3 is 17.9 Å². The SMILES string of the molecule is CCC/C=C\CCCCCCCC(=O)OCC(COC(=O)CCCCCCCCCCCCCCCCCCCCCCCCC/C=C\C/C=C\CCCCCCC)OC(=O)CCCCCCCCC/C=C\CCCCCCCC. The number of esters is 3. The number of carbonyl (C=O) groups excluding carboxylic acids is 3. The third-order valence-corrected chi connectivity index (χ3v) is 16.0. The first-order valence-electron chi connectivity index (χ1n) is 35.6. The summed E-state index contributed by atoms with van der Waals surface area (Å²) < 4.78 is 16.9. The Bertz CT molecular complexity index is 1380. The standard InChI is InChI=1S/C74H136O6/c1-4-7-10-13-16-19-22-24-26-28-29-30-31-32-33-34-35-36-37-38-39-40-41-42-43-44-45-47-48-50-52-55-58-61-64-67-73(76)79-70-71(69-78-72(75)66-63-60-57-54-21-18-15-12-9-6-3)80-74(77)68-65-62-59-56-53-51-49-46-27-25-23-20-17-14-11-8-5-2/h12,15,22,24-25,27-29,71H,4-11,13-14,16-21,23,26,30-70H2,1-3H3/b15-12-,24-22-,27-25-,29-28-. The molecule has 0 aliphatic carbocycles. The molecule has 0 aliphatic heterocycles. The molecular weight excluding hydrogens is 985 g/mol. The highest BCUT2D eigenvalue weighted by Gasteiger charge is 2.19.